The van der Waals surface area contributed by atoms with Gasteiger partial charge in [-0.05, 0) is 22.1 Å². The summed E-state index contributed by atoms with van der Waals surface area (Å²) in [4.78, 5) is 0. The fourth-order valence-corrected chi connectivity index (χ4v) is 2.40. The van der Waals surface area contributed by atoms with Crippen LogP contribution in [-0.4, -0.2) is 0 Å². The van der Waals surface area contributed by atoms with Gasteiger partial charge in [0.2, 0.25) is 16.5 Å². The van der Waals surface area contributed by atoms with E-state index in [1.165, 1.54) is 0 Å². The minimum atomic E-state index is -1.77. The summed E-state index contributed by atoms with van der Waals surface area (Å²) in [6, 6.07) is 13.4. The van der Waals surface area contributed by atoms with Crippen LogP contribution < -0.4 is 5.30 Å². The third-order valence-corrected chi connectivity index (χ3v) is 3.27. The van der Waals surface area contributed by atoms with Crippen LogP contribution in [0.15, 0.2) is 42.5 Å². The number of hydrogen-bond acceptors (Lipinski definition) is 1. The molecule has 0 radical (unpaired) electrons. The highest BCUT2D eigenvalue weighted by molar-refractivity contribution is 7.80. The fraction of sp³-hybridized carbons (Fsp3) is 0. The van der Waals surface area contributed by atoms with Gasteiger partial charge in [0.1, 0.15) is 0 Å². The molecule has 3 heteroatoms. The second-order valence-electron chi connectivity index (χ2n) is 2.74. The molecule has 0 bridgehead atoms. The van der Waals surface area contributed by atoms with Gasteiger partial charge in [-0.3, -0.25) is 0 Å². The molecule has 0 aliphatic heterocycles. The van der Waals surface area contributed by atoms with E-state index in [9.17, 15) is 4.57 Å². The predicted octanol–water partition coefficient (Wildman–Crippen LogP) is 3.45. The molecule has 2 aromatic rings. The van der Waals surface area contributed by atoms with E-state index < -0.39 is 7.15 Å². The first-order valence-electron chi connectivity index (χ1n) is 3.90. The first-order valence-corrected chi connectivity index (χ1v) is 6.06. The van der Waals surface area contributed by atoms with Gasteiger partial charge in [-0.25, -0.2) is 0 Å². The largest absolute Gasteiger partial charge is 0.494 e. The molecular formula is C10H7ClOP+. The van der Waals surface area contributed by atoms with Crippen molar-refractivity contribution in [3.05, 3.63) is 42.5 Å². The normalized spacial score (nSPS) is 11.6. The second-order valence-corrected chi connectivity index (χ2v) is 4.64. The van der Waals surface area contributed by atoms with Crippen LogP contribution in [0.25, 0.3) is 10.8 Å². The summed E-state index contributed by atoms with van der Waals surface area (Å²) in [5.74, 6) is 0. The fourth-order valence-electron chi connectivity index (χ4n) is 1.36. The van der Waals surface area contributed by atoms with Crippen LogP contribution in [0.4, 0.5) is 0 Å². The van der Waals surface area contributed by atoms with Crippen LogP contribution in [0.2, 0.25) is 0 Å². The third kappa shape index (κ3) is 1.58. The maximum Gasteiger partial charge on any atom is 0.494 e. The molecule has 2 aromatic carbocycles. The third-order valence-electron chi connectivity index (χ3n) is 1.96. The van der Waals surface area contributed by atoms with Crippen molar-refractivity contribution >= 4 is 34.5 Å². The van der Waals surface area contributed by atoms with Gasteiger partial charge in [-0.15, -0.1) is 0 Å². The lowest BCUT2D eigenvalue weighted by atomic mass is 10.1. The predicted molar refractivity (Wildman–Crippen MR) is 57.0 cm³/mol. The van der Waals surface area contributed by atoms with Crippen LogP contribution in [0.3, 0.4) is 0 Å². The summed E-state index contributed by atoms with van der Waals surface area (Å²) in [7, 11) is -1.77. The zero-order valence-corrected chi connectivity index (χ0v) is 8.43. The molecule has 0 aliphatic carbocycles. The maximum absolute atomic E-state index is 11.2. The summed E-state index contributed by atoms with van der Waals surface area (Å²) in [5.41, 5.74) is 0. The molecule has 0 N–H and O–H groups in total. The monoisotopic (exact) mass is 209 g/mol. The Kier molecular flexibility index (Phi) is 2.30. The lowest BCUT2D eigenvalue weighted by Gasteiger charge is -1.94. The van der Waals surface area contributed by atoms with Crippen molar-refractivity contribution in [2.75, 3.05) is 0 Å². The van der Waals surface area contributed by atoms with E-state index in [-0.39, 0.29) is 0 Å². The lowest BCUT2D eigenvalue weighted by molar-refractivity contribution is 0.600. The molecule has 0 spiro atoms. The average Bonchev–Trinajstić information content (AvgIpc) is 2.17. The Bertz CT molecular complexity index is 462. The van der Waals surface area contributed by atoms with Crippen molar-refractivity contribution in [2.24, 2.45) is 0 Å². The van der Waals surface area contributed by atoms with Crippen LogP contribution in [0.1, 0.15) is 0 Å². The summed E-state index contributed by atoms with van der Waals surface area (Å²) in [6.45, 7) is 0. The van der Waals surface area contributed by atoms with Crippen molar-refractivity contribution < 1.29 is 4.57 Å². The lowest BCUT2D eigenvalue weighted by Crippen LogP contribution is -1.94. The van der Waals surface area contributed by atoms with Crippen molar-refractivity contribution in [3.63, 3.8) is 0 Å². The molecule has 1 atom stereocenters. The molecule has 1 nitrogen and oxygen atoms in total. The average molecular weight is 210 g/mol. The van der Waals surface area contributed by atoms with Crippen molar-refractivity contribution in [1.82, 2.24) is 0 Å². The topological polar surface area (TPSA) is 17.1 Å². The van der Waals surface area contributed by atoms with Crippen LogP contribution >= 0.6 is 18.4 Å². The van der Waals surface area contributed by atoms with Crippen LogP contribution in [0.5, 0.6) is 0 Å². The minimum Gasteiger partial charge on any atom is -0.0616 e. The van der Waals surface area contributed by atoms with E-state index in [1.807, 2.05) is 36.4 Å². The Hall–Kier alpha value is -0.910. The number of fused-ring (bicyclic) bond motifs is 1. The zero-order valence-electron chi connectivity index (χ0n) is 6.77. The molecule has 13 heavy (non-hydrogen) atoms. The summed E-state index contributed by atoms with van der Waals surface area (Å²) in [5, 5.41) is 2.76. The summed E-state index contributed by atoms with van der Waals surface area (Å²) < 4.78 is 11.2. The Morgan fingerprint density at radius 2 is 1.69 bits per heavy atom. The number of halogens is 1. The molecule has 0 aromatic heterocycles. The van der Waals surface area contributed by atoms with Crippen LogP contribution in [-0.2, 0) is 4.57 Å². The smallest absolute Gasteiger partial charge is 0.0616 e. The molecule has 0 aliphatic rings. The maximum atomic E-state index is 11.2. The number of rotatable bonds is 1. The molecule has 0 heterocycles. The quantitative estimate of drug-likeness (QED) is 0.658. The molecule has 0 saturated carbocycles. The first kappa shape index (κ1) is 8.68. The highest BCUT2D eigenvalue weighted by Crippen LogP contribution is 2.29. The molecule has 2 rings (SSSR count). The van der Waals surface area contributed by atoms with Crippen molar-refractivity contribution in [3.8, 4) is 0 Å². The standard InChI is InChI=1S/C10H7ClOP/c11-13(12)10-7-3-5-8-4-1-2-6-9(8)10/h1-7H/q+1. The number of hydrogen-bond donors (Lipinski definition) is 0. The van der Waals surface area contributed by atoms with Gasteiger partial charge in [-0.1, -0.05) is 30.3 Å². The van der Waals surface area contributed by atoms with E-state index in [0.717, 1.165) is 16.1 Å². The van der Waals surface area contributed by atoms with E-state index in [2.05, 4.69) is 0 Å². The first-order chi connectivity index (χ1) is 6.29. The molecule has 0 saturated heterocycles. The van der Waals surface area contributed by atoms with E-state index in [0.29, 0.717) is 0 Å². The molecule has 1 unspecified atom stereocenters. The van der Waals surface area contributed by atoms with E-state index in [4.69, 9.17) is 11.2 Å². The van der Waals surface area contributed by atoms with Crippen molar-refractivity contribution in [2.45, 2.75) is 0 Å². The van der Waals surface area contributed by atoms with Gasteiger partial charge in [0, 0.05) is 5.39 Å². The van der Waals surface area contributed by atoms with Gasteiger partial charge in [0.05, 0.1) is 0 Å². The Morgan fingerprint density at radius 3 is 2.46 bits per heavy atom. The molecule has 0 amide bonds. The van der Waals surface area contributed by atoms with Gasteiger partial charge in [-0.2, -0.15) is 0 Å². The Labute approximate surface area is 81.9 Å². The van der Waals surface area contributed by atoms with Gasteiger partial charge < -0.3 is 0 Å². The Morgan fingerprint density at radius 1 is 1.00 bits per heavy atom. The Balaban J connectivity index is 2.83. The van der Waals surface area contributed by atoms with Gasteiger partial charge in [0.15, 0.2) is 0 Å². The minimum absolute atomic E-state index is 0.717. The van der Waals surface area contributed by atoms with Crippen molar-refractivity contribution in [1.29, 1.82) is 0 Å². The second kappa shape index (κ2) is 3.45. The SMILES string of the molecule is O=[P+](Cl)c1cccc2ccccc12. The van der Waals surface area contributed by atoms with E-state index >= 15 is 0 Å². The molecule has 64 valence electrons. The zero-order chi connectivity index (χ0) is 9.26. The van der Waals surface area contributed by atoms with Gasteiger partial charge >= 0.3 is 7.15 Å². The summed E-state index contributed by atoms with van der Waals surface area (Å²) >= 11 is 5.59. The number of benzene rings is 2. The highest BCUT2D eigenvalue weighted by atomic mass is 35.7. The highest BCUT2D eigenvalue weighted by Gasteiger charge is 2.19. The van der Waals surface area contributed by atoms with E-state index in [1.54, 1.807) is 6.07 Å². The summed E-state index contributed by atoms with van der Waals surface area (Å²) in [6.07, 6.45) is 0. The van der Waals surface area contributed by atoms with Crippen LogP contribution in [0, 0.1) is 0 Å². The molecular weight excluding hydrogens is 203 g/mol. The van der Waals surface area contributed by atoms with Gasteiger partial charge in [0.25, 0.3) is 0 Å². The molecule has 0 fully saturated rings.